The van der Waals surface area contributed by atoms with E-state index < -0.39 is 0 Å². The molecular weight excluding hydrogens is 204 g/mol. The Labute approximate surface area is 94.8 Å². The maximum Gasteiger partial charge on any atom is 0.306 e. The number of methoxy groups -OCH3 is 1. The normalized spacial score (nSPS) is 9.50. The van der Waals surface area contributed by atoms with Crippen LogP contribution >= 0.6 is 0 Å². The van der Waals surface area contributed by atoms with Gasteiger partial charge in [0.1, 0.15) is 0 Å². The molecule has 0 aromatic heterocycles. The molecule has 0 saturated heterocycles. The van der Waals surface area contributed by atoms with Crippen LogP contribution in [0.5, 0.6) is 0 Å². The van der Waals surface area contributed by atoms with Crippen molar-refractivity contribution in [2.45, 2.75) is 13.0 Å². The topological polar surface area (TPSA) is 62.1 Å². The van der Waals surface area contributed by atoms with E-state index in [4.69, 9.17) is 5.26 Å². The van der Waals surface area contributed by atoms with Crippen molar-refractivity contribution in [3.05, 3.63) is 35.4 Å². The summed E-state index contributed by atoms with van der Waals surface area (Å²) >= 11 is 0. The third-order valence-electron chi connectivity index (χ3n) is 2.12. The van der Waals surface area contributed by atoms with Crippen molar-refractivity contribution in [3.63, 3.8) is 0 Å². The Morgan fingerprint density at radius 3 is 3.06 bits per heavy atom. The summed E-state index contributed by atoms with van der Waals surface area (Å²) in [5, 5.41) is 11.8. The second-order valence-corrected chi connectivity index (χ2v) is 3.32. The summed E-state index contributed by atoms with van der Waals surface area (Å²) < 4.78 is 4.52. The summed E-state index contributed by atoms with van der Waals surface area (Å²) in [5.74, 6) is -0.224. The first-order valence-electron chi connectivity index (χ1n) is 5.03. The molecule has 0 radical (unpaired) electrons. The molecule has 0 aliphatic carbocycles. The fourth-order valence-corrected chi connectivity index (χ4v) is 1.28. The molecule has 1 aromatic carbocycles. The van der Waals surface area contributed by atoms with Crippen molar-refractivity contribution in [1.82, 2.24) is 5.32 Å². The van der Waals surface area contributed by atoms with Crippen LogP contribution in [-0.2, 0) is 16.1 Å². The SMILES string of the molecule is COC(=O)CCNCc1cccc(C#N)c1. The summed E-state index contributed by atoms with van der Waals surface area (Å²) in [6.07, 6.45) is 0.356. The van der Waals surface area contributed by atoms with E-state index in [-0.39, 0.29) is 5.97 Å². The molecule has 1 aromatic rings. The first-order chi connectivity index (χ1) is 7.76. The van der Waals surface area contributed by atoms with Gasteiger partial charge in [-0.1, -0.05) is 12.1 Å². The predicted octanol–water partition coefficient (Wildman–Crippen LogP) is 1.21. The Balaban J connectivity index is 2.32. The zero-order chi connectivity index (χ0) is 11.8. The Morgan fingerprint density at radius 1 is 1.56 bits per heavy atom. The first kappa shape index (κ1) is 12.2. The molecule has 0 saturated carbocycles. The lowest BCUT2D eigenvalue weighted by molar-refractivity contribution is -0.140. The molecule has 1 rings (SSSR count). The van der Waals surface area contributed by atoms with Crippen molar-refractivity contribution in [3.8, 4) is 6.07 Å². The lowest BCUT2D eigenvalue weighted by Crippen LogP contribution is -2.18. The third kappa shape index (κ3) is 4.11. The molecule has 16 heavy (non-hydrogen) atoms. The third-order valence-corrected chi connectivity index (χ3v) is 2.12. The lowest BCUT2D eigenvalue weighted by Gasteiger charge is -2.04. The minimum absolute atomic E-state index is 0.224. The highest BCUT2D eigenvalue weighted by atomic mass is 16.5. The standard InChI is InChI=1S/C12H14N2O2/c1-16-12(15)5-6-14-9-11-4-2-3-10(7-11)8-13/h2-4,7,14H,5-6,9H2,1H3. The molecular formula is C12H14N2O2. The largest absolute Gasteiger partial charge is 0.469 e. The molecule has 84 valence electrons. The van der Waals surface area contributed by atoms with E-state index >= 15 is 0 Å². The van der Waals surface area contributed by atoms with Crippen LogP contribution in [0.25, 0.3) is 0 Å². The predicted molar refractivity (Wildman–Crippen MR) is 59.5 cm³/mol. The number of carbonyl (C=O) groups excluding carboxylic acids is 1. The Morgan fingerprint density at radius 2 is 2.38 bits per heavy atom. The van der Waals surface area contributed by atoms with Crippen LogP contribution < -0.4 is 5.32 Å². The van der Waals surface area contributed by atoms with Crippen LogP contribution in [0.4, 0.5) is 0 Å². The molecule has 4 nitrogen and oxygen atoms in total. The number of hydrogen-bond acceptors (Lipinski definition) is 4. The minimum Gasteiger partial charge on any atom is -0.469 e. The average Bonchev–Trinajstić information content (AvgIpc) is 2.34. The van der Waals surface area contributed by atoms with Gasteiger partial charge in [-0.3, -0.25) is 4.79 Å². The molecule has 0 heterocycles. The number of esters is 1. The zero-order valence-electron chi connectivity index (χ0n) is 9.19. The van der Waals surface area contributed by atoms with E-state index in [1.807, 2.05) is 18.2 Å². The monoisotopic (exact) mass is 218 g/mol. The second-order valence-electron chi connectivity index (χ2n) is 3.32. The zero-order valence-corrected chi connectivity index (χ0v) is 9.19. The highest BCUT2D eigenvalue weighted by Crippen LogP contribution is 2.03. The van der Waals surface area contributed by atoms with E-state index in [9.17, 15) is 4.79 Å². The van der Waals surface area contributed by atoms with Crippen LogP contribution in [0.3, 0.4) is 0 Å². The number of hydrogen-bond donors (Lipinski definition) is 1. The number of nitrogens with one attached hydrogen (secondary N) is 1. The number of nitrogens with zero attached hydrogens (tertiary/aromatic N) is 1. The fourth-order valence-electron chi connectivity index (χ4n) is 1.28. The van der Waals surface area contributed by atoms with Crippen molar-refractivity contribution in [2.24, 2.45) is 0 Å². The Hall–Kier alpha value is -1.86. The maximum absolute atomic E-state index is 10.8. The van der Waals surface area contributed by atoms with Crippen molar-refractivity contribution < 1.29 is 9.53 Å². The number of benzene rings is 1. The minimum atomic E-state index is -0.224. The highest BCUT2D eigenvalue weighted by molar-refractivity contribution is 5.69. The summed E-state index contributed by atoms with van der Waals surface area (Å²) in [6.45, 7) is 1.22. The lowest BCUT2D eigenvalue weighted by atomic mass is 10.1. The first-order valence-corrected chi connectivity index (χ1v) is 5.03. The molecule has 0 aliphatic heterocycles. The second kappa shape index (κ2) is 6.59. The highest BCUT2D eigenvalue weighted by Gasteiger charge is 1.99. The Kier molecular flexibility index (Phi) is 5.03. The van der Waals surface area contributed by atoms with Gasteiger partial charge >= 0.3 is 5.97 Å². The van der Waals surface area contributed by atoms with Gasteiger partial charge in [0.05, 0.1) is 25.2 Å². The van der Waals surface area contributed by atoms with Gasteiger partial charge in [-0.15, -0.1) is 0 Å². The summed E-state index contributed by atoms with van der Waals surface area (Å²) in [5.41, 5.74) is 1.68. The molecule has 1 N–H and O–H groups in total. The van der Waals surface area contributed by atoms with E-state index in [0.29, 0.717) is 25.1 Å². The summed E-state index contributed by atoms with van der Waals surface area (Å²) in [7, 11) is 1.37. The van der Waals surface area contributed by atoms with Crippen molar-refractivity contribution in [1.29, 1.82) is 5.26 Å². The average molecular weight is 218 g/mol. The van der Waals surface area contributed by atoms with E-state index in [0.717, 1.165) is 5.56 Å². The van der Waals surface area contributed by atoms with E-state index in [1.165, 1.54) is 7.11 Å². The van der Waals surface area contributed by atoms with Crippen LogP contribution in [0.1, 0.15) is 17.5 Å². The van der Waals surface area contributed by atoms with Gasteiger partial charge in [-0.05, 0) is 17.7 Å². The molecule has 0 unspecified atom stereocenters. The number of rotatable bonds is 5. The molecule has 0 amide bonds. The maximum atomic E-state index is 10.8. The molecule has 0 aliphatic rings. The fraction of sp³-hybridized carbons (Fsp3) is 0.333. The van der Waals surface area contributed by atoms with Crippen LogP contribution in [0.2, 0.25) is 0 Å². The van der Waals surface area contributed by atoms with Gasteiger partial charge in [0, 0.05) is 13.1 Å². The van der Waals surface area contributed by atoms with Gasteiger partial charge < -0.3 is 10.1 Å². The van der Waals surface area contributed by atoms with E-state index in [2.05, 4.69) is 16.1 Å². The summed E-state index contributed by atoms with van der Waals surface area (Å²) in [6, 6.07) is 9.45. The van der Waals surface area contributed by atoms with Gasteiger partial charge in [0.15, 0.2) is 0 Å². The van der Waals surface area contributed by atoms with Gasteiger partial charge in [-0.25, -0.2) is 0 Å². The molecule has 4 heteroatoms. The molecule has 0 spiro atoms. The molecule has 0 fully saturated rings. The molecule has 0 bridgehead atoms. The van der Waals surface area contributed by atoms with Crippen LogP contribution in [-0.4, -0.2) is 19.6 Å². The smallest absolute Gasteiger partial charge is 0.306 e. The Bertz CT molecular complexity index is 396. The van der Waals surface area contributed by atoms with Crippen LogP contribution in [0.15, 0.2) is 24.3 Å². The summed E-state index contributed by atoms with van der Waals surface area (Å²) in [4.78, 5) is 10.8. The van der Waals surface area contributed by atoms with Gasteiger partial charge in [0.25, 0.3) is 0 Å². The van der Waals surface area contributed by atoms with Gasteiger partial charge in [-0.2, -0.15) is 5.26 Å². The number of ether oxygens (including phenoxy) is 1. The van der Waals surface area contributed by atoms with Crippen molar-refractivity contribution >= 4 is 5.97 Å². The van der Waals surface area contributed by atoms with Crippen molar-refractivity contribution in [2.75, 3.05) is 13.7 Å². The van der Waals surface area contributed by atoms with Crippen LogP contribution in [0, 0.1) is 11.3 Å². The van der Waals surface area contributed by atoms with E-state index in [1.54, 1.807) is 6.07 Å². The number of carbonyl (C=O) groups is 1. The quantitative estimate of drug-likeness (QED) is 0.596. The molecule has 0 atom stereocenters. The van der Waals surface area contributed by atoms with Gasteiger partial charge in [0.2, 0.25) is 0 Å². The number of nitriles is 1.